The Labute approximate surface area is 129 Å². The molecule has 1 aromatic rings. The quantitative estimate of drug-likeness (QED) is 0.883. The molecule has 20 heavy (non-hydrogen) atoms. The summed E-state index contributed by atoms with van der Waals surface area (Å²) in [4.78, 5) is 12.6. The third-order valence-corrected chi connectivity index (χ3v) is 4.94. The van der Waals surface area contributed by atoms with Gasteiger partial charge in [-0.3, -0.25) is 4.79 Å². The first-order valence-corrected chi connectivity index (χ1v) is 7.69. The zero-order chi connectivity index (χ0) is 14.8. The van der Waals surface area contributed by atoms with Crippen LogP contribution in [0.25, 0.3) is 0 Å². The standard InChI is InChI=1S/C15H20Cl2N2O/c1-10-5-7-15(9-18,8-6-10)14(20)19-13-11(16)3-2-4-12(13)17/h2-4,10H,5-9,18H2,1H3,(H,19,20). The Kier molecular flexibility index (Phi) is 4.95. The van der Waals surface area contributed by atoms with E-state index >= 15 is 0 Å². The van der Waals surface area contributed by atoms with Crippen LogP contribution in [-0.4, -0.2) is 12.5 Å². The minimum absolute atomic E-state index is 0.0677. The van der Waals surface area contributed by atoms with Gasteiger partial charge in [0.05, 0.1) is 21.1 Å². The van der Waals surface area contributed by atoms with Crippen LogP contribution in [0.5, 0.6) is 0 Å². The molecule has 1 aliphatic rings. The van der Waals surface area contributed by atoms with Gasteiger partial charge in [0, 0.05) is 6.54 Å². The van der Waals surface area contributed by atoms with Crippen LogP contribution in [0.4, 0.5) is 5.69 Å². The van der Waals surface area contributed by atoms with E-state index in [-0.39, 0.29) is 5.91 Å². The van der Waals surface area contributed by atoms with E-state index in [9.17, 15) is 4.79 Å². The zero-order valence-electron chi connectivity index (χ0n) is 11.6. The van der Waals surface area contributed by atoms with Crippen LogP contribution in [0.1, 0.15) is 32.6 Å². The molecule has 1 aliphatic carbocycles. The number of nitrogens with two attached hydrogens (primary N) is 1. The van der Waals surface area contributed by atoms with Gasteiger partial charge in [0.25, 0.3) is 0 Å². The first-order chi connectivity index (χ1) is 9.48. The Morgan fingerprint density at radius 2 is 1.90 bits per heavy atom. The minimum atomic E-state index is -0.491. The monoisotopic (exact) mass is 314 g/mol. The fourth-order valence-corrected chi connectivity index (χ4v) is 3.19. The van der Waals surface area contributed by atoms with Crippen LogP contribution >= 0.6 is 23.2 Å². The second-order valence-electron chi connectivity index (χ2n) is 5.72. The van der Waals surface area contributed by atoms with Crippen LogP contribution in [0.15, 0.2) is 18.2 Å². The molecular weight excluding hydrogens is 295 g/mol. The maximum atomic E-state index is 12.6. The number of anilines is 1. The first kappa shape index (κ1) is 15.6. The second-order valence-corrected chi connectivity index (χ2v) is 6.53. The van der Waals surface area contributed by atoms with E-state index < -0.39 is 5.41 Å². The van der Waals surface area contributed by atoms with E-state index in [2.05, 4.69) is 12.2 Å². The minimum Gasteiger partial charge on any atom is -0.329 e. The number of rotatable bonds is 3. The fraction of sp³-hybridized carbons (Fsp3) is 0.533. The van der Waals surface area contributed by atoms with Gasteiger partial charge >= 0.3 is 0 Å². The van der Waals surface area contributed by atoms with Gasteiger partial charge in [-0.25, -0.2) is 0 Å². The number of amides is 1. The lowest BCUT2D eigenvalue weighted by Crippen LogP contribution is -2.44. The van der Waals surface area contributed by atoms with Gasteiger partial charge in [-0.1, -0.05) is 36.2 Å². The van der Waals surface area contributed by atoms with Gasteiger partial charge in [-0.2, -0.15) is 0 Å². The summed E-state index contributed by atoms with van der Waals surface area (Å²) in [6.07, 6.45) is 3.69. The zero-order valence-corrected chi connectivity index (χ0v) is 13.1. The number of carbonyl (C=O) groups excluding carboxylic acids is 1. The summed E-state index contributed by atoms with van der Waals surface area (Å²) in [6, 6.07) is 5.17. The first-order valence-electron chi connectivity index (χ1n) is 6.94. The summed E-state index contributed by atoms with van der Waals surface area (Å²) < 4.78 is 0. The highest BCUT2D eigenvalue weighted by molar-refractivity contribution is 6.39. The van der Waals surface area contributed by atoms with E-state index in [0.29, 0.717) is 28.2 Å². The summed E-state index contributed by atoms with van der Waals surface area (Å²) in [5.41, 5.74) is 5.88. The Morgan fingerprint density at radius 1 is 1.35 bits per heavy atom. The molecule has 1 fully saturated rings. The van der Waals surface area contributed by atoms with Crippen molar-refractivity contribution in [2.75, 3.05) is 11.9 Å². The third kappa shape index (κ3) is 3.11. The fourth-order valence-electron chi connectivity index (χ4n) is 2.70. The van der Waals surface area contributed by atoms with Crippen molar-refractivity contribution in [1.29, 1.82) is 0 Å². The number of carbonyl (C=O) groups is 1. The summed E-state index contributed by atoms with van der Waals surface area (Å²) in [6.45, 7) is 2.57. The summed E-state index contributed by atoms with van der Waals surface area (Å²) >= 11 is 12.2. The molecule has 3 N–H and O–H groups in total. The highest BCUT2D eigenvalue weighted by atomic mass is 35.5. The molecule has 0 aromatic heterocycles. The van der Waals surface area contributed by atoms with Gasteiger partial charge in [0.2, 0.25) is 5.91 Å². The van der Waals surface area contributed by atoms with Gasteiger partial charge in [-0.05, 0) is 43.7 Å². The van der Waals surface area contributed by atoms with E-state index in [4.69, 9.17) is 28.9 Å². The summed E-state index contributed by atoms with van der Waals surface area (Å²) in [5.74, 6) is 0.591. The van der Waals surface area contributed by atoms with Crippen molar-refractivity contribution in [3.63, 3.8) is 0 Å². The van der Waals surface area contributed by atoms with Crippen LogP contribution < -0.4 is 11.1 Å². The summed E-state index contributed by atoms with van der Waals surface area (Å²) in [5, 5.41) is 3.76. The lowest BCUT2D eigenvalue weighted by Gasteiger charge is -2.37. The molecule has 3 nitrogen and oxygen atoms in total. The second kappa shape index (κ2) is 6.33. The largest absolute Gasteiger partial charge is 0.329 e. The number of halogens is 2. The van der Waals surface area contributed by atoms with Crippen molar-refractivity contribution in [3.8, 4) is 0 Å². The number of nitrogens with one attached hydrogen (secondary N) is 1. The van der Waals surface area contributed by atoms with E-state index in [1.807, 2.05) is 0 Å². The molecule has 2 rings (SSSR count). The van der Waals surface area contributed by atoms with Gasteiger partial charge in [0.15, 0.2) is 0 Å². The number of para-hydroxylation sites is 1. The normalized spacial score (nSPS) is 26.3. The van der Waals surface area contributed by atoms with E-state index in [1.165, 1.54) is 0 Å². The average Bonchev–Trinajstić information content (AvgIpc) is 2.44. The average molecular weight is 315 g/mol. The number of hydrogen-bond acceptors (Lipinski definition) is 2. The van der Waals surface area contributed by atoms with Crippen molar-refractivity contribution >= 4 is 34.8 Å². The Morgan fingerprint density at radius 3 is 2.40 bits per heavy atom. The molecule has 0 heterocycles. The van der Waals surface area contributed by atoms with Crippen LogP contribution in [0.2, 0.25) is 10.0 Å². The van der Waals surface area contributed by atoms with Crippen molar-refractivity contribution in [3.05, 3.63) is 28.2 Å². The predicted octanol–water partition coefficient (Wildman–Crippen LogP) is 4.09. The molecule has 0 atom stereocenters. The lowest BCUT2D eigenvalue weighted by atomic mass is 9.70. The van der Waals surface area contributed by atoms with Crippen LogP contribution in [0.3, 0.4) is 0 Å². The maximum absolute atomic E-state index is 12.6. The van der Waals surface area contributed by atoms with Gasteiger partial charge in [-0.15, -0.1) is 0 Å². The SMILES string of the molecule is CC1CCC(CN)(C(=O)Nc2c(Cl)cccc2Cl)CC1. The predicted molar refractivity (Wildman–Crippen MR) is 84.2 cm³/mol. The van der Waals surface area contributed by atoms with Gasteiger partial charge in [0.1, 0.15) is 0 Å². The number of hydrogen-bond donors (Lipinski definition) is 2. The summed E-state index contributed by atoms with van der Waals surface area (Å²) in [7, 11) is 0. The molecule has 0 radical (unpaired) electrons. The number of benzene rings is 1. The maximum Gasteiger partial charge on any atom is 0.231 e. The topological polar surface area (TPSA) is 55.1 Å². The molecule has 1 aromatic carbocycles. The Bertz CT molecular complexity index is 476. The van der Waals surface area contributed by atoms with Crippen molar-refractivity contribution in [2.45, 2.75) is 32.6 Å². The molecule has 0 saturated heterocycles. The van der Waals surface area contributed by atoms with Crippen molar-refractivity contribution in [2.24, 2.45) is 17.1 Å². The molecule has 1 saturated carbocycles. The highest BCUT2D eigenvalue weighted by Crippen LogP contribution is 2.40. The highest BCUT2D eigenvalue weighted by Gasteiger charge is 2.40. The molecule has 1 amide bonds. The molecule has 0 unspecified atom stereocenters. The lowest BCUT2D eigenvalue weighted by molar-refractivity contribution is -0.127. The molecule has 5 heteroatoms. The Balaban J connectivity index is 2.18. The third-order valence-electron chi connectivity index (χ3n) is 4.31. The van der Waals surface area contributed by atoms with Gasteiger partial charge < -0.3 is 11.1 Å². The molecule has 0 bridgehead atoms. The van der Waals surface area contributed by atoms with E-state index in [0.717, 1.165) is 25.7 Å². The molecule has 110 valence electrons. The van der Waals surface area contributed by atoms with E-state index in [1.54, 1.807) is 18.2 Å². The molecule has 0 spiro atoms. The van der Waals surface area contributed by atoms with Crippen molar-refractivity contribution in [1.82, 2.24) is 0 Å². The smallest absolute Gasteiger partial charge is 0.231 e. The van der Waals surface area contributed by atoms with Crippen LogP contribution in [0, 0.1) is 11.3 Å². The van der Waals surface area contributed by atoms with Crippen molar-refractivity contribution < 1.29 is 4.79 Å². The molecular formula is C15H20Cl2N2O. The Hall–Kier alpha value is -0.770. The molecule has 0 aliphatic heterocycles. The van der Waals surface area contributed by atoms with Crippen LogP contribution in [-0.2, 0) is 4.79 Å².